The van der Waals surface area contributed by atoms with Gasteiger partial charge in [-0.2, -0.15) is 11.8 Å². The third-order valence-electron chi connectivity index (χ3n) is 2.01. The second-order valence-corrected chi connectivity index (χ2v) is 4.99. The number of carbonyl (C=O) groups is 1. The lowest BCUT2D eigenvalue weighted by Crippen LogP contribution is -2.30. The molecule has 0 saturated carbocycles. The van der Waals surface area contributed by atoms with Crippen LogP contribution in [0.5, 0.6) is 0 Å². The van der Waals surface area contributed by atoms with Gasteiger partial charge in [0.2, 0.25) is 0 Å². The predicted molar refractivity (Wildman–Crippen MR) is 63.8 cm³/mol. The fourth-order valence-corrected chi connectivity index (χ4v) is 2.17. The summed E-state index contributed by atoms with van der Waals surface area (Å²) in [6.45, 7) is 4.39. The molecule has 1 rings (SSSR count). The molecule has 0 aliphatic carbocycles. The zero-order valence-corrected chi connectivity index (χ0v) is 10.3. The minimum absolute atomic E-state index is 0.224. The zero-order valence-electron chi connectivity index (χ0n) is 9.53. The molecule has 16 heavy (non-hydrogen) atoms. The largest absolute Gasteiger partial charge is 0.360 e. The van der Waals surface area contributed by atoms with Gasteiger partial charge in [-0.3, -0.25) is 10.2 Å². The molecule has 0 aliphatic rings. The van der Waals surface area contributed by atoms with E-state index in [1.165, 1.54) is 6.42 Å². The third-order valence-corrected chi connectivity index (χ3v) is 3.02. The van der Waals surface area contributed by atoms with Gasteiger partial charge in [-0.1, -0.05) is 19.0 Å². The van der Waals surface area contributed by atoms with Gasteiger partial charge in [0.1, 0.15) is 5.76 Å². The van der Waals surface area contributed by atoms with Gasteiger partial charge >= 0.3 is 0 Å². The number of thioether (sulfide) groups is 1. The molecule has 3 N–H and O–H groups in total. The second-order valence-electron chi connectivity index (χ2n) is 3.89. The van der Waals surface area contributed by atoms with Crippen molar-refractivity contribution in [2.45, 2.75) is 26.0 Å². The Kier molecular flexibility index (Phi) is 5.34. The number of nitrogen functional groups attached to an aromatic ring is 1. The van der Waals surface area contributed by atoms with Crippen molar-refractivity contribution >= 4 is 17.7 Å². The van der Waals surface area contributed by atoms with E-state index in [0.29, 0.717) is 11.7 Å². The van der Waals surface area contributed by atoms with Gasteiger partial charge in [-0.25, -0.2) is 5.84 Å². The van der Waals surface area contributed by atoms with E-state index in [2.05, 4.69) is 19.0 Å². The van der Waals surface area contributed by atoms with Crippen molar-refractivity contribution < 1.29 is 9.32 Å². The summed E-state index contributed by atoms with van der Waals surface area (Å²) >= 11 is 1.77. The summed E-state index contributed by atoms with van der Waals surface area (Å²) in [6, 6.07) is 1.62. The highest BCUT2D eigenvalue weighted by Gasteiger charge is 2.10. The molecule has 0 bridgehead atoms. The van der Waals surface area contributed by atoms with Crippen LogP contribution in [0.25, 0.3) is 0 Å². The van der Waals surface area contributed by atoms with Crippen LogP contribution in [0, 0.1) is 5.92 Å². The van der Waals surface area contributed by atoms with Gasteiger partial charge in [0, 0.05) is 6.07 Å². The number of hydrogen-bond acceptors (Lipinski definition) is 5. The van der Waals surface area contributed by atoms with Crippen molar-refractivity contribution in [3.8, 4) is 0 Å². The Labute approximate surface area is 99.1 Å². The summed E-state index contributed by atoms with van der Waals surface area (Å²) in [7, 11) is 0. The quantitative estimate of drug-likeness (QED) is 0.343. The summed E-state index contributed by atoms with van der Waals surface area (Å²) in [5.41, 5.74) is 2.23. The molecule has 5 nitrogen and oxygen atoms in total. The van der Waals surface area contributed by atoms with Crippen molar-refractivity contribution in [3.05, 3.63) is 17.5 Å². The van der Waals surface area contributed by atoms with Crippen LogP contribution in [0.15, 0.2) is 10.6 Å². The summed E-state index contributed by atoms with van der Waals surface area (Å²) in [5.74, 6) is 7.78. The first kappa shape index (κ1) is 13.1. The predicted octanol–water partition coefficient (Wildman–Crippen LogP) is 1.56. The van der Waals surface area contributed by atoms with Crippen LogP contribution in [-0.2, 0) is 5.75 Å². The second kappa shape index (κ2) is 6.55. The van der Waals surface area contributed by atoms with Gasteiger partial charge in [-0.15, -0.1) is 0 Å². The minimum atomic E-state index is -0.429. The van der Waals surface area contributed by atoms with E-state index in [1.807, 2.05) is 5.43 Å². The monoisotopic (exact) mass is 243 g/mol. The maximum absolute atomic E-state index is 11.1. The highest BCUT2D eigenvalue weighted by molar-refractivity contribution is 7.98. The molecular formula is C10H17N3O2S. The number of hydrazine groups is 1. The summed E-state index contributed by atoms with van der Waals surface area (Å²) < 4.78 is 5.01. The molecule has 0 spiro atoms. The Hall–Kier alpha value is -1.01. The lowest BCUT2D eigenvalue weighted by Gasteiger charge is -2.01. The van der Waals surface area contributed by atoms with Crippen LogP contribution >= 0.6 is 11.8 Å². The van der Waals surface area contributed by atoms with E-state index >= 15 is 0 Å². The standard InChI is InChI=1S/C10H17N3O2S/c1-7(2)3-4-16-6-8-5-9(13-15-8)10(14)12-11/h5,7H,3-4,6,11H2,1-2H3,(H,12,14). The maximum atomic E-state index is 11.1. The van der Waals surface area contributed by atoms with E-state index in [4.69, 9.17) is 10.4 Å². The summed E-state index contributed by atoms with van der Waals surface area (Å²) in [6.07, 6.45) is 1.18. The molecule has 1 aromatic rings. The molecule has 0 atom stereocenters. The van der Waals surface area contributed by atoms with Gasteiger partial charge in [0.15, 0.2) is 5.69 Å². The van der Waals surface area contributed by atoms with Gasteiger partial charge < -0.3 is 4.52 Å². The lowest BCUT2D eigenvalue weighted by atomic mass is 10.2. The number of aromatic nitrogens is 1. The van der Waals surface area contributed by atoms with Crippen molar-refractivity contribution in [2.75, 3.05) is 5.75 Å². The normalized spacial score (nSPS) is 10.8. The van der Waals surface area contributed by atoms with E-state index in [0.717, 1.165) is 11.5 Å². The highest BCUT2D eigenvalue weighted by Crippen LogP contribution is 2.16. The third kappa shape index (κ3) is 4.24. The molecule has 1 amide bonds. The Bertz CT molecular complexity index is 339. The molecule has 0 aromatic carbocycles. The van der Waals surface area contributed by atoms with Crippen LogP contribution in [0.2, 0.25) is 0 Å². The van der Waals surface area contributed by atoms with E-state index in [1.54, 1.807) is 17.8 Å². The highest BCUT2D eigenvalue weighted by atomic mass is 32.2. The summed E-state index contributed by atoms with van der Waals surface area (Å²) in [5, 5.41) is 3.62. The Morgan fingerprint density at radius 2 is 2.44 bits per heavy atom. The number of nitrogens with zero attached hydrogens (tertiary/aromatic N) is 1. The first-order valence-corrected chi connectivity index (χ1v) is 6.33. The number of nitrogens with two attached hydrogens (primary N) is 1. The van der Waals surface area contributed by atoms with E-state index in [9.17, 15) is 4.79 Å². The van der Waals surface area contributed by atoms with Crippen LogP contribution in [-0.4, -0.2) is 16.8 Å². The summed E-state index contributed by atoms with van der Waals surface area (Å²) in [4.78, 5) is 11.1. The fourth-order valence-electron chi connectivity index (χ4n) is 1.05. The number of rotatable bonds is 6. The average molecular weight is 243 g/mol. The SMILES string of the molecule is CC(C)CCSCc1cc(C(=O)NN)no1. The Balaban J connectivity index is 2.32. The first-order chi connectivity index (χ1) is 7.63. The van der Waals surface area contributed by atoms with Gasteiger partial charge in [-0.05, 0) is 18.1 Å². The Morgan fingerprint density at radius 3 is 3.06 bits per heavy atom. The molecule has 1 heterocycles. The number of carbonyl (C=O) groups excluding carboxylic acids is 1. The minimum Gasteiger partial charge on any atom is -0.360 e. The molecule has 0 radical (unpaired) electrons. The molecule has 0 unspecified atom stereocenters. The first-order valence-electron chi connectivity index (χ1n) is 5.17. The average Bonchev–Trinajstić information content (AvgIpc) is 2.71. The van der Waals surface area contributed by atoms with Crippen molar-refractivity contribution in [3.63, 3.8) is 0 Å². The van der Waals surface area contributed by atoms with Crippen LogP contribution in [0.3, 0.4) is 0 Å². The lowest BCUT2D eigenvalue weighted by molar-refractivity contribution is 0.0944. The van der Waals surface area contributed by atoms with Crippen molar-refractivity contribution in [2.24, 2.45) is 11.8 Å². The maximum Gasteiger partial charge on any atom is 0.287 e. The molecule has 0 aliphatic heterocycles. The Morgan fingerprint density at radius 1 is 1.69 bits per heavy atom. The van der Waals surface area contributed by atoms with Gasteiger partial charge in [0.25, 0.3) is 5.91 Å². The van der Waals surface area contributed by atoms with Gasteiger partial charge in [0.05, 0.1) is 5.75 Å². The molecule has 0 fully saturated rings. The molecule has 90 valence electrons. The molecular weight excluding hydrogens is 226 g/mol. The van der Waals surface area contributed by atoms with Crippen LogP contribution in [0.1, 0.15) is 36.5 Å². The molecule has 1 aromatic heterocycles. The fraction of sp³-hybridized carbons (Fsp3) is 0.600. The van der Waals surface area contributed by atoms with E-state index < -0.39 is 5.91 Å². The molecule has 6 heteroatoms. The number of hydrogen-bond donors (Lipinski definition) is 2. The van der Waals surface area contributed by atoms with Crippen molar-refractivity contribution in [1.82, 2.24) is 10.6 Å². The van der Waals surface area contributed by atoms with Crippen LogP contribution < -0.4 is 11.3 Å². The number of amides is 1. The van der Waals surface area contributed by atoms with Crippen LogP contribution in [0.4, 0.5) is 0 Å². The van der Waals surface area contributed by atoms with E-state index in [-0.39, 0.29) is 5.69 Å². The zero-order chi connectivity index (χ0) is 12.0. The van der Waals surface area contributed by atoms with Crippen molar-refractivity contribution in [1.29, 1.82) is 0 Å². The number of nitrogens with one attached hydrogen (secondary N) is 1. The molecule has 0 saturated heterocycles. The smallest absolute Gasteiger partial charge is 0.287 e. The topological polar surface area (TPSA) is 81.2 Å².